The lowest BCUT2D eigenvalue weighted by Crippen LogP contribution is -2.26. The van der Waals surface area contributed by atoms with Gasteiger partial charge in [0.1, 0.15) is 0 Å². The van der Waals surface area contributed by atoms with Crippen LogP contribution in [-0.2, 0) is 6.54 Å². The smallest absolute Gasteiger partial charge is 0.335 e. The van der Waals surface area contributed by atoms with Gasteiger partial charge in [-0.3, -0.25) is 9.48 Å². The summed E-state index contributed by atoms with van der Waals surface area (Å²) in [6.45, 7) is 2.55. The number of aromatic carboxylic acids is 1. The number of carboxylic acids is 1. The van der Waals surface area contributed by atoms with Gasteiger partial charge >= 0.3 is 5.97 Å². The Bertz CT molecular complexity index is 902. The van der Waals surface area contributed by atoms with Crippen LogP contribution in [-0.4, -0.2) is 26.8 Å². The Balaban J connectivity index is 1.63. The van der Waals surface area contributed by atoms with Gasteiger partial charge in [0, 0.05) is 17.3 Å². The van der Waals surface area contributed by atoms with Crippen molar-refractivity contribution < 1.29 is 14.7 Å². The van der Waals surface area contributed by atoms with Crippen LogP contribution in [0.4, 0.5) is 0 Å². The quantitative estimate of drug-likeness (QED) is 0.716. The first-order chi connectivity index (χ1) is 12.5. The summed E-state index contributed by atoms with van der Waals surface area (Å²) in [4.78, 5) is 23.2. The molecule has 6 heteroatoms. The molecule has 2 aromatic carbocycles. The summed E-state index contributed by atoms with van der Waals surface area (Å²) in [5.74, 6) is -1.28. The maximum Gasteiger partial charge on any atom is 0.335 e. The lowest BCUT2D eigenvalue weighted by Gasteiger charge is -2.12. The van der Waals surface area contributed by atoms with E-state index in [4.69, 9.17) is 5.11 Å². The van der Waals surface area contributed by atoms with Crippen molar-refractivity contribution in [3.8, 4) is 0 Å². The van der Waals surface area contributed by atoms with Crippen molar-refractivity contribution in [2.45, 2.75) is 19.5 Å². The molecule has 1 atom stereocenters. The van der Waals surface area contributed by atoms with Crippen LogP contribution in [0.5, 0.6) is 0 Å². The van der Waals surface area contributed by atoms with E-state index in [2.05, 4.69) is 10.4 Å². The highest BCUT2D eigenvalue weighted by Gasteiger charge is 2.14. The molecule has 26 heavy (non-hydrogen) atoms. The highest BCUT2D eigenvalue weighted by molar-refractivity contribution is 5.96. The van der Waals surface area contributed by atoms with E-state index in [-0.39, 0.29) is 17.5 Å². The van der Waals surface area contributed by atoms with Crippen molar-refractivity contribution in [1.29, 1.82) is 0 Å². The Morgan fingerprint density at radius 3 is 2.38 bits per heavy atom. The molecular formula is C20H19N3O3. The third kappa shape index (κ3) is 4.16. The van der Waals surface area contributed by atoms with Crippen molar-refractivity contribution in [2.75, 3.05) is 0 Å². The standard InChI is InChI=1S/C20H19N3O3/c1-14(22-19(24)16-7-9-17(10-8-16)20(25)26)18-11-21-23(13-18)12-15-5-3-2-4-6-15/h2-11,13-14H,12H2,1H3,(H,22,24)(H,25,26). The Labute approximate surface area is 151 Å². The first-order valence-electron chi connectivity index (χ1n) is 8.23. The van der Waals surface area contributed by atoms with Crippen molar-refractivity contribution in [2.24, 2.45) is 0 Å². The summed E-state index contributed by atoms with van der Waals surface area (Å²) in [7, 11) is 0. The lowest BCUT2D eigenvalue weighted by atomic mass is 10.1. The average molecular weight is 349 g/mol. The number of amides is 1. The van der Waals surface area contributed by atoms with Gasteiger partial charge in [-0.25, -0.2) is 4.79 Å². The number of hydrogen-bond donors (Lipinski definition) is 2. The molecule has 1 amide bonds. The summed E-state index contributed by atoms with van der Waals surface area (Å²) in [5, 5.41) is 16.1. The van der Waals surface area contributed by atoms with Gasteiger partial charge in [0.25, 0.3) is 5.91 Å². The first-order valence-corrected chi connectivity index (χ1v) is 8.23. The van der Waals surface area contributed by atoms with Crippen LogP contribution < -0.4 is 5.32 Å². The van der Waals surface area contributed by atoms with Gasteiger partial charge in [-0.2, -0.15) is 5.10 Å². The molecule has 1 heterocycles. The number of hydrogen-bond acceptors (Lipinski definition) is 3. The summed E-state index contributed by atoms with van der Waals surface area (Å²) in [5.41, 5.74) is 2.61. The molecule has 3 aromatic rings. The Hall–Kier alpha value is -3.41. The van der Waals surface area contributed by atoms with Crippen molar-refractivity contribution in [1.82, 2.24) is 15.1 Å². The number of nitrogens with one attached hydrogen (secondary N) is 1. The average Bonchev–Trinajstić information content (AvgIpc) is 3.11. The highest BCUT2D eigenvalue weighted by atomic mass is 16.4. The number of rotatable bonds is 6. The van der Waals surface area contributed by atoms with E-state index in [1.807, 2.05) is 48.1 Å². The summed E-state index contributed by atoms with van der Waals surface area (Å²) in [6.07, 6.45) is 3.65. The number of nitrogens with zero attached hydrogens (tertiary/aromatic N) is 2. The van der Waals surface area contributed by atoms with Crippen LogP contribution in [0.25, 0.3) is 0 Å². The second-order valence-corrected chi connectivity index (χ2v) is 6.03. The molecule has 0 aliphatic rings. The largest absolute Gasteiger partial charge is 0.478 e. The van der Waals surface area contributed by atoms with Crippen LogP contribution >= 0.6 is 0 Å². The molecule has 1 aromatic heterocycles. The van der Waals surface area contributed by atoms with Gasteiger partial charge in [0.05, 0.1) is 24.3 Å². The van der Waals surface area contributed by atoms with Crippen molar-refractivity contribution >= 4 is 11.9 Å². The van der Waals surface area contributed by atoms with Crippen LogP contribution in [0.3, 0.4) is 0 Å². The zero-order chi connectivity index (χ0) is 18.5. The molecular weight excluding hydrogens is 330 g/mol. The fourth-order valence-corrected chi connectivity index (χ4v) is 2.59. The van der Waals surface area contributed by atoms with Crippen LogP contribution in [0.2, 0.25) is 0 Å². The molecule has 132 valence electrons. The van der Waals surface area contributed by atoms with E-state index in [1.54, 1.807) is 6.20 Å². The zero-order valence-corrected chi connectivity index (χ0v) is 14.3. The van der Waals surface area contributed by atoms with Crippen LogP contribution in [0.1, 0.15) is 44.8 Å². The summed E-state index contributed by atoms with van der Waals surface area (Å²) < 4.78 is 1.83. The van der Waals surface area contributed by atoms with E-state index in [0.717, 1.165) is 11.1 Å². The maximum absolute atomic E-state index is 12.3. The highest BCUT2D eigenvalue weighted by Crippen LogP contribution is 2.14. The minimum atomic E-state index is -1.02. The minimum Gasteiger partial charge on any atom is -0.478 e. The van der Waals surface area contributed by atoms with Crippen molar-refractivity contribution in [3.05, 3.63) is 89.2 Å². The number of carbonyl (C=O) groups is 2. The van der Waals surface area contributed by atoms with Gasteiger partial charge in [0.2, 0.25) is 0 Å². The molecule has 0 fully saturated rings. The Kier molecular flexibility index (Phi) is 5.12. The molecule has 0 aliphatic carbocycles. The molecule has 0 spiro atoms. The fourth-order valence-electron chi connectivity index (χ4n) is 2.59. The van der Waals surface area contributed by atoms with E-state index in [0.29, 0.717) is 12.1 Å². The molecule has 1 unspecified atom stereocenters. The number of aromatic nitrogens is 2. The second kappa shape index (κ2) is 7.65. The summed E-state index contributed by atoms with van der Waals surface area (Å²) in [6, 6.07) is 15.6. The lowest BCUT2D eigenvalue weighted by molar-refractivity contribution is 0.0696. The van der Waals surface area contributed by atoms with Crippen LogP contribution in [0.15, 0.2) is 67.0 Å². The Morgan fingerprint density at radius 1 is 1.08 bits per heavy atom. The minimum absolute atomic E-state index is 0.150. The molecule has 0 bridgehead atoms. The Morgan fingerprint density at radius 2 is 1.73 bits per heavy atom. The molecule has 0 saturated carbocycles. The molecule has 0 aliphatic heterocycles. The number of carbonyl (C=O) groups excluding carboxylic acids is 1. The van der Waals surface area contributed by atoms with E-state index >= 15 is 0 Å². The fraction of sp³-hybridized carbons (Fsp3) is 0.150. The van der Waals surface area contributed by atoms with E-state index in [9.17, 15) is 9.59 Å². The van der Waals surface area contributed by atoms with Gasteiger partial charge in [-0.05, 0) is 36.8 Å². The summed E-state index contributed by atoms with van der Waals surface area (Å²) >= 11 is 0. The molecule has 0 saturated heterocycles. The van der Waals surface area contributed by atoms with E-state index in [1.165, 1.54) is 24.3 Å². The third-order valence-corrected chi connectivity index (χ3v) is 4.08. The van der Waals surface area contributed by atoms with Gasteiger partial charge in [0.15, 0.2) is 0 Å². The third-order valence-electron chi connectivity index (χ3n) is 4.08. The van der Waals surface area contributed by atoms with Crippen molar-refractivity contribution in [3.63, 3.8) is 0 Å². The SMILES string of the molecule is CC(NC(=O)c1ccc(C(=O)O)cc1)c1cnn(Cc2ccccc2)c1. The second-order valence-electron chi connectivity index (χ2n) is 6.03. The predicted octanol–water partition coefficient (Wildman–Crippen LogP) is 3.12. The zero-order valence-electron chi connectivity index (χ0n) is 14.3. The monoisotopic (exact) mass is 349 g/mol. The molecule has 0 radical (unpaired) electrons. The maximum atomic E-state index is 12.3. The number of carboxylic acid groups (broad SMARTS) is 1. The van der Waals surface area contributed by atoms with Gasteiger partial charge in [-0.1, -0.05) is 30.3 Å². The predicted molar refractivity (Wildman–Crippen MR) is 97.1 cm³/mol. The van der Waals surface area contributed by atoms with E-state index < -0.39 is 5.97 Å². The van der Waals surface area contributed by atoms with Gasteiger partial charge in [-0.15, -0.1) is 0 Å². The molecule has 3 rings (SSSR count). The molecule has 2 N–H and O–H groups in total. The normalized spacial score (nSPS) is 11.7. The molecule has 6 nitrogen and oxygen atoms in total. The first kappa shape index (κ1) is 17.4. The number of benzene rings is 2. The van der Waals surface area contributed by atoms with Crippen LogP contribution in [0, 0.1) is 0 Å². The topological polar surface area (TPSA) is 84.2 Å². The van der Waals surface area contributed by atoms with Gasteiger partial charge < -0.3 is 10.4 Å².